The first-order valence-corrected chi connectivity index (χ1v) is 5.90. The van der Waals surface area contributed by atoms with E-state index in [1.165, 1.54) is 0 Å². The van der Waals surface area contributed by atoms with Gasteiger partial charge < -0.3 is 10.2 Å². The van der Waals surface area contributed by atoms with Crippen molar-refractivity contribution < 1.29 is 18.6 Å². The summed E-state index contributed by atoms with van der Waals surface area (Å²) in [7, 11) is -3.32. The van der Waals surface area contributed by atoms with Crippen LogP contribution in [-0.4, -0.2) is 42.8 Å². The standard InChI is InChI=1S/C7H14O4S/c1-12(10,11)6(4-8)7(9)5-2-3-5/h5-9H,2-4H2,1H3/t6-,7+/m0/s1. The van der Waals surface area contributed by atoms with Gasteiger partial charge in [-0.15, -0.1) is 0 Å². The molecule has 1 saturated carbocycles. The zero-order valence-corrected chi connectivity index (χ0v) is 7.79. The molecule has 0 radical (unpaired) electrons. The van der Waals surface area contributed by atoms with Crippen molar-refractivity contribution in [3.05, 3.63) is 0 Å². The van der Waals surface area contributed by atoms with Gasteiger partial charge in [-0.25, -0.2) is 8.42 Å². The van der Waals surface area contributed by atoms with E-state index >= 15 is 0 Å². The lowest BCUT2D eigenvalue weighted by atomic mass is 10.2. The summed E-state index contributed by atoms with van der Waals surface area (Å²) in [6.07, 6.45) is 1.89. The first kappa shape index (κ1) is 9.95. The van der Waals surface area contributed by atoms with Crippen LogP contribution >= 0.6 is 0 Å². The molecule has 0 aromatic heterocycles. The first-order valence-electron chi connectivity index (χ1n) is 3.94. The third kappa shape index (κ3) is 2.18. The predicted molar refractivity (Wildman–Crippen MR) is 44.4 cm³/mol. The molecular formula is C7H14O4S. The van der Waals surface area contributed by atoms with Crippen LogP contribution in [0.4, 0.5) is 0 Å². The normalized spacial score (nSPS) is 23.6. The minimum Gasteiger partial charge on any atom is -0.395 e. The zero-order valence-electron chi connectivity index (χ0n) is 6.97. The van der Waals surface area contributed by atoms with Crippen molar-refractivity contribution in [2.75, 3.05) is 12.9 Å². The van der Waals surface area contributed by atoms with Gasteiger partial charge in [0.2, 0.25) is 0 Å². The summed E-state index contributed by atoms with van der Waals surface area (Å²) in [6.45, 7) is -0.490. The highest BCUT2D eigenvalue weighted by molar-refractivity contribution is 7.91. The molecule has 0 aromatic rings. The lowest BCUT2D eigenvalue weighted by molar-refractivity contribution is 0.118. The molecule has 2 N–H and O–H groups in total. The topological polar surface area (TPSA) is 74.6 Å². The molecule has 1 rings (SSSR count). The van der Waals surface area contributed by atoms with E-state index in [0.29, 0.717) is 0 Å². The van der Waals surface area contributed by atoms with Gasteiger partial charge in [0.1, 0.15) is 5.25 Å². The van der Waals surface area contributed by atoms with Gasteiger partial charge in [-0.3, -0.25) is 0 Å². The molecule has 0 saturated heterocycles. The Morgan fingerprint density at radius 3 is 2.25 bits per heavy atom. The first-order chi connectivity index (χ1) is 5.46. The monoisotopic (exact) mass is 194 g/mol. The number of sulfone groups is 1. The summed E-state index contributed by atoms with van der Waals surface area (Å²) in [5.41, 5.74) is 0. The molecule has 4 nitrogen and oxygen atoms in total. The van der Waals surface area contributed by atoms with Crippen molar-refractivity contribution in [1.29, 1.82) is 0 Å². The summed E-state index contributed by atoms with van der Waals surface area (Å²) < 4.78 is 22.0. The Labute approximate surface area is 72.1 Å². The maximum atomic E-state index is 11.0. The van der Waals surface area contributed by atoms with Crippen LogP contribution in [0.3, 0.4) is 0 Å². The van der Waals surface area contributed by atoms with E-state index in [9.17, 15) is 13.5 Å². The number of aliphatic hydroxyl groups is 2. The Bertz CT molecular complexity index is 242. The summed E-state index contributed by atoms with van der Waals surface area (Å²) >= 11 is 0. The SMILES string of the molecule is CS(=O)(=O)[C@@H](CO)[C@H](O)C1CC1. The second-order valence-electron chi connectivity index (χ2n) is 3.38. The number of hydrogen-bond acceptors (Lipinski definition) is 4. The van der Waals surface area contributed by atoms with Gasteiger partial charge in [0.05, 0.1) is 12.7 Å². The van der Waals surface area contributed by atoms with Crippen molar-refractivity contribution >= 4 is 9.84 Å². The lowest BCUT2D eigenvalue weighted by Gasteiger charge is -2.18. The zero-order chi connectivity index (χ0) is 9.35. The molecule has 0 aliphatic heterocycles. The van der Waals surface area contributed by atoms with E-state index in [2.05, 4.69) is 0 Å². The predicted octanol–water partition coefficient (Wildman–Crippen LogP) is -0.837. The molecule has 0 bridgehead atoms. The third-order valence-electron chi connectivity index (χ3n) is 2.22. The van der Waals surface area contributed by atoms with Gasteiger partial charge in [-0.05, 0) is 18.8 Å². The lowest BCUT2D eigenvalue weighted by Crippen LogP contribution is -2.37. The Kier molecular flexibility index (Phi) is 2.75. The van der Waals surface area contributed by atoms with E-state index in [-0.39, 0.29) is 5.92 Å². The Morgan fingerprint density at radius 1 is 1.50 bits per heavy atom. The fraction of sp³-hybridized carbons (Fsp3) is 1.00. The van der Waals surface area contributed by atoms with Crippen molar-refractivity contribution in [3.63, 3.8) is 0 Å². The average Bonchev–Trinajstić information content (AvgIpc) is 2.65. The highest BCUT2D eigenvalue weighted by Gasteiger charge is 2.39. The second kappa shape index (κ2) is 3.32. The Morgan fingerprint density at radius 2 is 2.00 bits per heavy atom. The Balaban J connectivity index is 2.67. The number of aliphatic hydroxyl groups excluding tert-OH is 2. The molecule has 0 amide bonds. The van der Waals surface area contributed by atoms with Gasteiger partial charge in [0, 0.05) is 6.26 Å². The van der Waals surface area contributed by atoms with Crippen molar-refractivity contribution in [3.8, 4) is 0 Å². The van der Waals surface area contributed by atoms with E-state index in [1.54, 1.807) is 0 Å². The van der Waals surface area contributed by atoms with Crippen LogP contribution in [0.15, 0.2) is 0 Å². The van der Waals surface area contributed by atoms with Crippen molar-refractivity contribution in [1.82, 2.24) is 0 Å². The van der Waals surface area contributed by atoms with Gasteiger partial charge in [0.15, 0.2) is 9.84 Å². The van der Waals surface area contributed by atoms with Crippen LogP contribution in [0.2, 0.25) is 0 Å². The minimum atomic E-state index is -3.32. The van der Waals surface area contributed by atoms with Crippen molar-refractivity contribution in [2.45, 2.75) is 24.2 Å². The highest BCUT2D eigenvalue weighted by atomic mass is 32.2. The molecule has 12 heavy (non-hydrogen) atoms. The Hall–Kier alpha value is -0.130. The highest BCUT2D eigenvalue weighted by Crippen LogP contribution is 2.35. The van der Waals surface area contributed by atoms with Gasteiger partial charge in [0.25, 0.3) is 0 Å². The smallest absolute Gasteiger partial charge is 0.155 e. The maximum absolute atomic E-state index is 11.0. The van der Waals surface area contributed by atoms with Crippen LogP contribution in [-0.2, 0) is 9.84 Å². The molecule has 0 spiro atoms. The maximum Gasteiger partial charge on any atom is 0.155 e. The molecule has 5 heteroatoms. The van der Waals surface area contributed by atoms with Crippen LogP contribution in [0.1, 0.15) is 12.8 Å². The van der Waals surface area contributed by atoms with E-state index in [1.807, 2.05) is 0 Å². The summed E-state index contributed by atoms with van der Waals surface area (Å²) in [5, 5.41) is 17.2. The molecule has 1 fully saturated rings. The fourth-order valence-corrected chi connectivity index (χ4v) is 2.24. The molecule has 72 valence electrons. The van der Waals surface area contributed by atoms with E-state index in [4.69, 9.17) is 5.11 Å². The minimum absolute atomic E-state index is 0.0804. The van der Waals surface area contributed by atoms with Crippen molar-refractivity contribution in [2.24, 2.45) is 5.92 Å². The summed E-state index contributed by atoms with van der Waals surface area (Å²) in [5.74, 6) is 0.0804. The van der Waals surface area contributed by atoms with Gasteiger partial charge >= 0.3 is 0 Å². The van der Waals surface area contributed by atoms with Gasteiger partial charge in [-0.2, -0.15) is 0 Å². The van der Waals surface area contributed by atoms with Crippen LogP contribution in [0.25, 0.3) is 0 Å². The molecule has 0 aromatic carbocycles. The summed E-state index contributed by atoms with van der Waals surface area (Å²) in [4.78, 5) is 0. The van der Waals surface area contributed by atoms with E-state index < -0.39 is 27.8 Å². The van der Waals surface area contributed by atoms with Gasteiger partial charge in [-0.1, -0.05) is 0 Å². The average molecular weight is 194 g/mol. The quantitative estimate of drug-likeness (QED) is 0.612. The van der Waals surface area contributed by atoms with Crippen LogP contribution < -0.4 is 0 Å². The van der Waals surface area contributed by atoms with Crippen LogP contribution in [0.5, 0.6) is 0 Å². The number of hydrogen-bond donors (Lipinski definition) is 2. The molecule has 1 aliphatic rings. The molecule has 1 aliphatic carbocycles. The molecule has 0 heterocycles. The molecule has 2 atom stereocenters. The number of rotatable bonds is 4. The molecule has 0 unspecified atom stereocenters. The van der Waals surface area contributed by atoms with Crippen LogP contribution in [0, 0.1) is 5.92 Å². The summed E-state index contributed by atoms with van der Waals surface area (Å²) in [6, 6.07) is 0. The molecular weight excluding hydrogens is 180 g/mol. The fourth-order valence-electron chi connectivity index (χ4n) is 1.24. The second-order valence-corrected chi connectivity index (χ2v) is 5.64. The largest absolute Gasteiger partial charge is 0.395 e. The van der Waals surface area contributed by atoms with E-state index in [0.717, 1.165) is 19.1 Å². The third-order valence-corrected chi connectivity index (χ3v) is 3.74.